The van der Waals surface area contributed by atoms with Crippen LogP contribution >= 0.6 is 23.3 Å². The molecule has 6 atom stereocenters. The van der Waals surface area contributed by atoms with Gasteiger partial charge in [0.2, 0.25) is 19.2 Å². The van der Waals surface area contributed by atoms with Crippen LogP contribution in [0.3, 0.4) is 0 Å². The molecule has 4 N–H and O–H groups in total. The maximum absolute atomic E-state index is 14.2. The topological polar surface area (TPSA) is 183 Å². The number of carbonyl (C=O) groups is 3. The summed E-state index contributed by atoms with van der Waals surface area (Å²) in [7, 11) is -2.53. The van der Waals surface area contributed by atoms with Crippen LogP contribution in [0.5, 0.6) is 11.6 Å². The first-order chi connectivity index (χ1) is 26.8. The standard InChI is InChI=1S/C39H49BrF2N5O8P/c1-53-33-17-16-28-35(34(33)40)44-23-45-36(28)54-27-18-25(21-48)47(20-27)37(49)32(46-38(50)55-26-11-7-8-12-26)15-6-4-2-3-5-10-24-19-39(24,43)56(51,52)22-29-30(41)13-9-14-31(29)42/h9,13-14,16-17,21,23-27,32H,2-8,10-12,15,18-20,22,43H2,1H3,(H,46,50)(H,51,52)/t24-,25+,27?,32+,39+/m1/s1. The third kappa shape index (κ3) is 9.52. The van der Waals surface area contributed by atoms with Gasteiger partial charge in [-0.15, -0.1) is 0 Å². The van der Waals surface area contributed by atoms with E-state index in [1.54, 1.807) is 19.2 Å². The Labute approximate surface area is 333 Å². The zero-order valence-electron chi connectivity index (χ0n) is 31.3. The molecule has 0 radical (unpaired) electrons. The number of carbonyl (C=O) groups excluding carboxylic acids is 3. The van der Waals surface area contributed by atoms with Crippen molar-refractivity contribution < 1.29 is 46.8 Å². The summed E-state index contributed by atoms with van der Waals surface area (Å²) in [5, 5.41) is 2.06. The monoisotopic (exact) mass is 863 g/mol. The average molecular weight is 865 g/mol. The normalized spacial score (nSPS) is 23.8. The van der Waals surface area contributed by atoms with E-state index in [2.05, 4.69) is 31.2 Å². The lowest BCUT2D eigenvalue weighted by Gasteiger charge is -2.27. The fourth-order valence-corrected chi connectivity index (χ4v) is 10.8. The molecule has 2 heterocycles. The van der Waals surface area contributed by atoms with Gasteiger partial charge in [-0.1, -0.05) is 38.2 Å². The van der Waals surface area contributed by atoms with Crippen LogP contribution in [-0.4, -0.2) is 81.3 Å². The van der Waals surface area contributed by atoms with E-state index in [9.17, 15) is 32.6 Å². The Morgan fingerprint density at radius 2 is 1.82 bits per heavy atom. The smallest absolute Gasteiger partial charge is 0.408 e. The van der Waals surface area contributed by atoms with Gasteiger partial charge in [0, 0.05) is 12.0 Å². The van der Waals surface area contributed by atoms with Crippen molar-refractivity contribution in [3.63, 3.8) is 0 Å². The minimum absolute atomic E-state index is 0.112. The molecule has 2 unspecified atom stereocenters. The minimum Gasteiger partial charge on any atom is -0.495 e. The number of fused-ring (bicyclic) bond motifs is 1. The van der Waals surface area contributed by atoms with Gasteiger partial charge in [-0.05, 0) is 91.1 Å². The van der Waals surface area contributed by atoms with Gasteiger partial charge in [-0.3, -0.25) is 9.36 Å². The zero-order chi connectivity index (χ0) is 40.0. The molecule has 3 aromatic rings. The van der Waals surface area contributed by atoms with E-state index in [0.717, 1.165) is 69.8 Å². The number of hydrogen-bond donors (Lipinski definition) is 3. The van der Waals surface area contributed by atoms with E-state index in [1.807, 2.05) is 0 Å². The number of methoxy groups -OCH3 is 1. The van der Waals surface area contributed by atoms with E-state index in [1.165, 1.54) is 17.3 Å². The number of amides is 2. The molecule has 1 aromatic heterocycles. The second-order valence-electron chi connectivity index (χ2n) is 15.1. The SMILES string of the molecule is COc1ccc2c(OC3C[C@@H](C=O)N(C(=O)[C@H](CCCCCCC[C@@H]4C[C@]4(N)P(=O)(O)Cc4c(F)cccc4F)NC(=O)OC4CCCC4)C3)ncnc2c1Br. The van der Waals surface area contributed by atoms with Crippen molar-refractivity contribution in [1.82, 2.24) is 20.2 Å². The van der Waals surface area contributed by atoms with Crippen LogP contribution in [0.2, 0.25) is 0 Å². The van der Waals surface area contributed by atoms with Crippen LogP contribution in [-0.2, 0) is 25.1 Å². The highest BCUT2D eigenvalue weighted by molar-refractivity contribution is 9.10. The molecule has 17 heteroatoms. The van der Waals surface area contributed by atoms with E-state index in [0.29, 0.717) is 52.7 Å². The summed E-state index contributed by atoms with van der Waals surface area (Å²) in [6.45, 7) is 0.112. The summed E-state index contributed by atoms with van der Waals surface area (Å²) < 4.78 is 59.4. The molecule has 0 bridgehead atoms. The second-order valence-corrected chi connectivity index (χ2v) is 18.5. The Bertz CT molecular complexity index is 1940. The Morgan fingerprint density at radius 3 is 2.54 bits per heavy atom. The number of nitrogens with zero attached hydrogens (tertiary/aromatic N) is 3. The first-order valence-corrected chi connectivity index (χ1v) is 21.9. The van der Waals surface area contributed by atoms with Crippen LogP contribution in [0.1, 0.15) is 89.0 Å². The van der Waals surface area contributed by atoms with Crippen molar-refractivity contribution in [3.05, 3.63) is 58.3 Å². The number of ether oxygens (including phenoxy) is 3. The summed E-state index contributed by atoms with van der Waals surface area (Å²) in [5.41, 5.74) is 6.47. The molecule has 304 valence electrons. The third-order valence-corrected chi connectivity index (χ3v) is 14.7. The van der Waals surface area contributed by atoms with Crippen molar-refractivity contribution in [3.8, 4) is 11.6 Å². The molecule has 13 nitrogen and oxygen atoms in total. The Hall–Kier alpha value is -3.72. The van der Waals surface area contributed by atoms with Gasteiger partial charge in [-0.2, -0.15) is 0 Å². The number of alkyl carbamates (subject to hydrolysis) is 1. The Balaban J connectivity index is 1.01. The number of nitrogens with two attached hydrogens (primary N) is 1. The lowest BCUT2D eigenvalue weighted by molar-refractivity contribution is -0.136. The van der Waals surface area contributed by atoms with Gasteiger partial charge in [0.1, 0.15) is 48.2 Å². The molecule has 2 saturated carbocycles. The summed E-state index contributed by atoms with van der Waals surface area (Å²) in [6, 6.07) is 5.18. The molecular formula is C39H49BrF2N5O8P. The highest BCUT2D eigenvalue weighted by Gasteiger charge is 2.62. The fourth-order valence-electron chi connectivity index (χ4n) is 7.98. The number of nitrogens with one attached hydrogen (secondary N) is 1. The highest BCUT2D eigenvalue weighted by Crippen LogP contribution is 2.70. The number of halogens is 3. The molecule has 2 amide bonds. The lowest BCUT2D eigenvalue weighted by Crippen LogP contribution is -2.51. The quantitative estimate of drug-likeness (QED) is 0.0672. The first kappa shape index (κ1) is 41.9. The number of unbranched alkanes of at least 4 members (excludes halogenated alkanes) is 4. The highest BCUT2D eigenvalue weighted by atomic mass is 79.9. The first-order valence-electron chi connectivity index (χ1n) is 19.3. The number of hydrogen-bond acceptors (Lipinski definition) is 10. The molecule has 1 saturated heterocycles. The molecule has 2 aromatic carbocycles. The number of aldehydes is 1. The molecule has 2 aliphatic carbocycles. The predicted molar refractivity (Wildman–Crippen MR) is 207 cm³/mol. The summed E-state index contributed by atoms with van der Waals surface area (Å²) in [6.07, 6.45) is 8.75. The van der Waals surface area contributed by atoms with Crippen LogP contribution in [0, 0.1) is 17.6 Å². The summed E-state index contributed by atoms with van der Waals surface area (Å²) in [5.74, 6) is -1.45. The van der Waals surface area contributed by atoms with Crippen LogP contribution in [0.25, 0.3) is 10.9 Å². The molecule has 0 spiro atoms. The largest absolute Gasteiger partial charge is 0.495 e. The fraction of sp³-hybridized carbons (Fsp3) is 0.564. The van der Waals surface area contributed by atoms with Crippen LogP contribution in [0.15, 0.2) is 41.1 Å². The molecule has 3 aliphatic rings. The molecular weight excluding hydrogens is 815 g/mol. The molecule has 6 rings (SSSR count). The maximum Gasteiger partial charge on any atom is 0.408 e. The summed E-state index contributed by atoms with van der Waals surface area (Å²) in [4.78, 5) is 60.2. The van der Waals surface area contributed by atoms with Gasteiger partial charge in [0.15, 0.2) is 0 Å². The number of likely N-dealkylation sites (tertiary alicyclic amines) is 1. The van der Waals surface area contributed by atoms with Gasteiger partial charge in [-0.25, -0.2) is 23.5 Å². The van der Waals surface area contributed by atoms with Crippen molar-refractivity contribution in [2.24, 2.45) is 11.7 Å². The molecule has 1 aliphatic heterocycles. The second kappa shape index (κ2) is 18.3. The van der Waals surface area contributed by atoms with Crippen molar-refractivity contribution in [1.29, 1.82) is 0 Å². The van der Waals surface area contributed by atoms with Crippen molar-refractivity contribution in [2.75, 3.05) is 13.7 Å². The molecule has 56 heavy (non-hydrogen) atoms. The van der Waals surface area contributed by atoms with E-state index >= 15 is 0 Å². The predicted octanol–water partition coefficient (Wildman–Crippen LogP) is 7.14. The zero-order valence-corrected chi connectivity index (χ0v) is 33.8. The Kier molecular flexibility index (Phi) is 13.7. The van der Waals surface area contributed by atoms with E-state index in [4.69, 9.17) is 19.9 Å². The molecule has 3 fully saturated rings. The van der Waals surface area contributed by atoms with Crippen molar-refractivity contribution in [2.45, 2.75) is 119 Å². The number of rotatable bonds is 18. The van der Waals surface area contributed by atoms with Gasteiger partial charge in [0.05, 0.1) is 46.5 Å². The van der Waals surface area contributed by atoms with Crippen molar-refractivity contribution >= 4 is 52.5 Å². The third-order valence-electron chi connectivity index (χ3n) is 11.3. The minimum atomic E-state index is -4.08. The Morgan fingerprint density at radius 1 is 1.11 bits per heavy atom. The van der Waals surface area contributed by atoms with Crippen LogP contribution in [0.4, 0.5) is 13.6 Å². The number of aromatic nitrogens is 2. The van der Waals surface area contributed by atoms with Gasteiger partial charge in [0.25, 0.3) is 0 Å². The average Bonchev–Trinajstić information content (AvgIpc) is 3.45. The maximum atomic E-state index is 14.2. The summed E-state index contributed by atoms with van der Waals surface area (Å²) >= 11 is 3.51. The van der Waals surface area contributed by atoms with Gasteiger partial charge < -0.3 is 39.8 Å². The number of benzene rings is 2. The van der Waals surface area contributed by atoms with E-state index in [-0.39, 0.29) is 25.0 Å². The van der Waals surface area contributed by atoms with Gasteiger partial charge >= 0.3 is 6.09 Å². The van der Waals surface area contributed by atoms with Crippen LogP contribution < -0.4 is 20.5 Å². The van der Waals surface area contributed by atoms with E-state index < -0.39 is 66.2 Å². The lowest BCUT2D eigenvalue weighted by atomic mass is 10.0.